The first kappa shape index (κ1) is 18.4. The normalized spacial score (nSPS) is 17.2. The molecule has 0 aliphatic carbocycles. The highest BCUT2D eigenvalue weighted by molar-refractivity contribution is 5.95. The summed E-state index contributed by atoms with van der Waals surface area (Å²) < 4.78 is 15.9. The molecule has 1 atom stereocenters. The van der Waals surface area contributed by atoms with E-state index in [9.17, 15) is 4.79 Å². The number of H-pyrrole nitrogens is 1. The Morgan fingerprint density at radius 1 is 1.17 bits per heavy atom. The second kappa shape index (κ2) is 7.62. The number of hydrogen-bond donors (Lipinski definition) is 2. The van der Waals surface area contributed by atoms with Crippen LogP contribution in [0.3, 0.4) is 0 Å². The first-order valence-corrected chi connectivity index (χ1v) is 9.85. The van der Waals surface area contributed by atoms with Gasteiger partial charge < -0.3 is 24.4 Å². The van der Waals surface area contributed by atoms with E-state index in [-0.39, 0.29) is 18.7 Å². The molecule has 2 aliphatic heterocycles. The summed E-state index contributed by atoms with van der Waals surface area (Å²) in [7, 11) is 1.65. The van der Waals surface area contributed by atoms with Crippen LogP contribution in [0.5, 0.6) is 17.2 Å². The molecule has 3 heterocycles. The fraction of sp³-hybridized carbons (Fsp3) is 0.273. The summed E-state index contributed by atoms with van der Waals surface area (Å²) in [6, 6.07) is 15.2. The predicted octanol–water partition coefficient (Wildman–Crippen LogP) is 2.82. The van der Waals surface area contributed by atoms with Crippen LogP contribution in [0.15, 0.2) is 48.5 Å². The van der Waals surface area contributed by atoms with Crippen LogP contribution in [-0.4, -0.2) is 49.1 Å². The first-order valence-electron chi connectivity index (χ1n) is 9.85. The third-order valence-electron chi connectivity index (χ3n) is 5.45. The third-order valence-corrected chi connectivity index (χ3v) is 5.45. The van der Waals surface area contributed by atoms with E-state index >= 15 is 0 Å². The van der Waals surface area contributed by atoms with Crippen molar-refractivity contribution < 1.29 is 19.0 Å². The van der Waals surface area contributed by atoms with Gasteiger partial charge in [0.2, 0.25) is 6.79 Å². The van der Waals surface area contributed by atoms with Crippen molar-refractivity contribution in [3.8, 4) is 28.5 Å². The summed E-state index contributed by atoms with van der Waals surface area (Å²) in [4.78, 5) is 14.8. The second-order valence-electron chi connectivity index (χ2n) is 7.34. The van der Waals surface area contributed by atoms with Gasteiger partial charge >= 0.3 is 0 Å². The monoisotopic (exact) mass is 406 g/mol. The fourth-order valence-corrected chi connectivity index (χ4v) is 3.78. The van der Waals surface area contributed by atoms with Crippen LogP contribution in [0.1, 0.15) is 16.8 Å². The maximum absolute atomic E-state index is 12.6. The van der Waals surface area contributed by atoms with Crippen LogP contribution in [0.2, 0.25) is 0 Å². The molecule has 0 radical (unpaired) electrons. The lowest BCUT2D eigenvalue weighted by atomic mass is 10.1. The van der Waals surface area contributed by atoms with E-state index in [1.165, 1.54) is 0 Å². The van der Waals surface area contributed by atoms with E-state index in [0.717, 1.165) is 35.8 Å². The molecule has 8 heteroatoms. The zero-order valence-electron chi connectivity index (χ0n) is 16.6. The molecule has 1 saturated heterocycles. The van der Waals surface area contributed by atoms with Gasteiger partial charge in [-0.15, -0.1) is 0 Å². The third kappa shape index (κ3) is 3.52. The number of aromatic amines is 1. The zero-order chi connectivity index (χ0) is 20.5. The van der Waals surface area contributed by atoms with Gasteiger partial charge in [-0.05, 0) is 54.4 Å². The van der Waals surface area contributed by atoms with Gasteiger partial charge in [0.1, 0.15) is 5.75 Å². The fourth-order valence-electron chi connectivity index (χ4n) is 3.78. The van der Waals surface area contributed by atoms with Gasteiger partial charge in [-0.25, -0.2) is 0 Å². The molecule has 2 aromatic carbocycles. The molecule has 1 amide bonds. The topological polar surface area (TPSA) is 88.7 Å². The molecule has 154 valence electrons. The first-order chi connectivity index (χ1) is 14.7. The van der Waals surface area contributed by atoms with Gasteiger partial charge in [-0.2, -0.15) is 5.10 Å². The SMILES string of the molecule is COc1ccc(-c2cc(N3CC[C@H](NC(=O)c4ccc5c(c4)OCO5)C3)n[nH]2)cc1. The number of carbonyl (C=O) groups is 1. The number of ether oxygens (including phenoxy) is 3. The average molecular weight is 406 g/mol. The van der Waals surface area contributed by atoms with Crippen LogP contribution in [0, 0.1) is 0 Å². The standard InChI is InChI=1S/C22H22N4O4/c1-28-17-5-2-14(3-6-17)18-11-21(25-24-18)26-9-8-16(12-26)23-22(27)15-4-7-19-20(10-15)30-13-29-19/h2-7,10-11,16H,8-9,12-13H2,1H3,(H,23,27)(H,24,25)/t16-/m0/s1. The molecule has 0 spiro atoms. The number of aromatic nitrogens is 2. The van der Waals surface area contributed by atoms with E-state index in [4.69, 9.17) is 14.2 Å². The van der Waals surface area contributed by atoms with Gasteiger partial charge in [-0.1, -0.05) is 0 Å². The van der Waals surface area contributed by atoms with Crippen molar-refractivity contribution in [2.75, 3.05) is 31.9 Å². The van der Waals surface area contributed by atoms with Crippen molar-refractivity contribution in [1.82, 2.24) is 15.5 Å². The van der Waals surface area contributed by atoms with E-state index in [1.54, 1.807) is 25.3 Å². The van der Waals surface area contributed by atoms with Crippen molar-refractivity contribution in [2.45, 2.75) is 12.5 Å². The van der Waals surface area contributed by atoms with Crippen LogP contribution in [0.4, 0.5) is 5.82 Å². The van der Waals surface area contributed by atoms with Crippen molar-refractivity contribution in [1.29, 1.82) is 0 Å². The molecule has 8 nitrogen and oxygen atoms in total. The largest absolute Gasteiger partial charge is 0.497 e. The number of fused-ring (bicyclic) bond motifs is 1. The minimum Gasteiger partial charge on any atom is -0.497 e. The van der Waals surface area contributed by atoms with Gasteiger partial charge in [0.05, 0.1) is 12.8 Å². The molecule has 3 aromatic rings. The van der Waals surface area contributed by atoms with Crippen molar-refractivity contribution in [2.24, 2.45) is 0 Å². The molecule has 2 aliphatic rings. The summed E-state index contributed by atoms with van der Waals surface area (Å²) >= 11 is 0. The Hall–Kier alpha value is -3.68. The number of amides is 1. The van der Waals surface area contributed by atoms with Gasteiger partial charge in [0.15, 0.2) is 17.3 Å². The number of nitrogens with zero attached hydrogens (tertiary/aromatic N) is 2. The number of carbonyl (C=O) groups excluding carboxylic acids is 1. The Labute approximate surface area is 173 Å². The molecule has 1 aromatic heterocycles. The Kier molecular flexibility index (Phi) is 4.66. The molecule has 0 bridgehead atoms. The Morgan fingerprint density at radius 3 is 2.83 bits per heavy atom. The summed E-state index contributed by atoms with van der Waals surface area (Å²) in [6.45, 7) is 1.74. The van der Waals surface area contributed by atoms with Gasteiger partial charge in [0.25, 0.3) is 5.91 Å². The summed E-state index contributed by atoms with van der Waals surface area (Å²) in [5.41, 5.74) is 2.56. The molecule has 1 fully saturated rings. The highest BCUT2D eigenvalue weighted by Crippen LogP contribution is 2.32. The van der Waals surface area contributed by atoms with E-state index < -0.39 is 0 Å². The molecule has 2 N–H and O–H groups in total. The number of rotatable bonds is 5. The molecule has 0 saturated carbocycles. The van der Waals surface area contributed by atoms with E-state index in [0.29, 0.717) is 23.6 Å². The number of hydrogen-bond acceptors (Lipinski definition) is 6. The zero-order valence-corrected chi connectivity index (χ0v) is 16.6. The summed E-state index contributed by atoms with van der Waals surface area (Å²) in [6.07, 6.45) is 0.862. The summed E-state index contributed by atoms with van der Waals surface area (Å²) in [5, 5.41) is 10.7. The van der Waals surface area contributed by atoms with Crippen molar-refractivity contribution >= 4 is 11.7 Å². The lowest BCUT2D eigenvalue weighted by Crippen LogP contribution is -2.37. The molecule has 30 heavy (non-hydrogen) atoms. The quantitative estimate of drug-likeness (QED) is 0.677. The maximum Gasteiger partial charge on any atom is 0.251 e. The minimum absolute atomic E-state index is 0.0593. The van der Waals surface area contributed by atoms with Crippen LogP contribution < -0.4 is 24.4 Å². The average Bonchev–Trinajstić information content (AvgIpc) is 3.53. The van der Waals surface area contributed by atoms with E-state index in [2.05, 4.69) is 20.4 Å². The Morgan fingerprint density at radius 2 is 2.00 bits per heavy atom. The highest BCUT2D eigenvalue weighted by atomic mass is 16.7. The van der Waals surface area contributed by atoms with Crippen molar-refractivity contribution in [3.05, 3.63) is 54.1 Å². The Bertz CT molecular complexity index is 1060. The van der Waals surface area contributed by atoms with Gasteiger partial charge in [-0.3, -0.25) is 9.89 Å². The highest BCUT2D eigenvalue weighted by Gasteiger charge is 2.26. The second-order valence-corrected chi connectivity index (χ2v) is 7.34. The minimum atomic E-state index is -0.110. The summed E-state index contributed by atoms with van der Waals surface area (Å²) in [5.74, 6) is 2.86. The number of methoxy groups -OCH3 is 1. The maximum atomic E-state index is 12.6. The van der Waals surface area contributed by atoms with Gasteiger partial charge in [0, 0.05) is 30.8 Å². The van der Waals surface area contributed by atoms with Crippen LogP contribution >= 0.6 is 0 Å². The molecule has 0 unspecified atom stereocenters. The molecular weight excluding hydrogens is 384 g/mol. The van der Waals surface area contributed by atoms with Crippen LogP contribution in [-0.2, 0) is 0 Å². The molecular formula is C22H22N4O4. The molecule has 5 rings (SSSR count). The predicted molar refractivity (Wildman–Crippen MR) is 111 cm³/mol. The van der Waals surface area contributed by atoms with Crippen molar-refractivity contribution in [3.63, 3.8) is 0 Å². The Balaban J connectivity index is 1.22. The smallest absolute Gasteiger partial charge is 0.251 e. The lowest BCUT2D eigenvalue weighted by Gasteiger charge is -2.16. The number of benzene rings is 2. The number of anilines is 1. The van der Waals surface area contributed by atoms with Crippen LogP contribution in [0.25, 0.3) is 11.3 Å². The number of nitrogens with one attached hydrogen (secondary N) is 2. The van der Waals surface area contributed by atoms with E-state index in [1.807, 2.05) is 30.3 Å². The lowest BCUT2D eigenvalue weighted by molar-refractivity contribution is 0.0940.